The van der Waals surface area contributed by atoms with Gasteiger partial charge in [0, 0.05) is 24.6 Å². The van der Waals surface area contributed by atoms with Crippen molar-refractivity contribution in [2.24, 2.45) is 0 Å². The molecule has 0 radical (unpaired) electrons. The molecule has 22 heavy (non-hydrogen) atoms. The molecule has 2 heterocycles. The van der Waals surface area contributed by atoms with E-state index < -0.39 is 10.1 Å². The Morgan fingerprint density at radius 2 is 2.00 bits per heavy atom. The predicted octanol–water partition coefficient (Wildman–Crippen LogP) is 2.77. The number of likely N-dealkylation sites (tertiary alicyclic amines) is 1. The molecule has 2 aliphatic rings. The van der Waals surface area contributed by atoms with Gasteiger partial charge in [0.15, 0.2) is 6.23 Å². The summed E-state index contributed by atoms with van der Waals surface area (Å²) in [7, 11) is -4.00. The monoisotopic (exact) mass is 325 g/mol. The summed E-state index contributed by atoms with van der Waals surface area (Å²) >= 11 is 0. The summed E-state index contributed by atoms with van der Waals surface area (Å²) < 4.78 is 37.3. The Labute approximate surface area is 132 Å². The molecule has 5 nitrogen and oxygen atoms in total. The third-order valence-corrected chi connectivity index (χ3v) is 5.30. The molecule has 0 spiro atoms. The summed E-state index contributed by atoms with van der Waals surface area (Å²) in [4.78, 5) is 2.40. The number of rotatable bonds is 4. The Bertz CT molecular complexity index is 638. The van der Waals surface area contributed by atoms with E-state index in [0.29, 0.717) is 5.56 Å². The van der Waals surface area contributed by atoms with Crippen LogP contribution in [0.3, 0.4) is 0 Å². The van der Waals surface area contributed by atoms with Gasteiger partial charge in [-0.1, -0.05) is 25.5 Å². The van der Waals surface area contributed by atoms with Crippen molar-refractivity contribution in [1.82, 2.24) is 4.90 Å². The quantitative estimate of drug-likeness (QED) is 0.862. The van der Waals surface area contributed by atoms with Crippen molar-refractivity contribution in [1.29, 1.82) is 0 Å². The van der Waals surface area contributed by atoms with Crippen molar-refractivity contribution < 1.29 is 17.7 Å². The molecule has 1 saturated heterocycles. The molecule has 0 amide bonds. The van der Waals surface area contributed by atoms with Gasteiger partial charge < -0.3 is 4.74 Å². The first kappa shape index (κ1) is 15.8. The Morgan fingerprint density at radius 3 is 2.64 bits per heavy atom. The minimum atomic E-state index is -4.00. The average molecular weight is 325 g/mol. The van der Waals surface area contributed by atoms with Crippen LogP contribution in [0, 0.1) is 0 Å². The van der Waals surface area contributed by atoms with Crippen LogP contribution in [0.4, 0.5) is 0 Å². The molecule has 1 fully saturated rings. The highest BCUT2D eigenvalue weighted by atomic mass is 32.2. The van der Waals surface area contributed by atoms with E-state index in [9.17, 15) is 8.42 Å². The van der Waals surface area contributed by atoms with Crippen molar-refractivity contribution in [3.8, 4) is 5.75 Å². The fourth-order valence-corrected chi connectivity index (χ4v) is 4.19. The SMILES string of the molecule is CCC1c2cc(CS(=O)(=O)O)ccc2OC1N1CCCCC1. The fraction of sp³-hybridized carbons (Fsp3) is 0.625. The lowest BCUT2D eigenvalue weighted by Crippen LogP contribution is -2.43. The van der Waals surface area contributed by atoms with E-state index in [4.69, 9.17) is 9.29 Å². The standard InChI is InChI=1S/C16H23NO4S/c1-2-13-14-10-12(11-22(18,19)20)6-7-15(14)21-16(13)17-8-4-3-5-9-17/h6-7,10,13,16H,2-5,8-9,11H2,1H3,(H,18,19,20). The van der Waals surface area contributed by atoms with Crippen LogP contribution in [0.15, 0.2) is 18.2 Å². The van der Waals surface area contributed by atoms with Crippen molar-refractivity contribution in [2.75, 3.05) is 13.1 Å². The molecule has 3 rings (SSSR count). The molecular weight excluding hydrogens is 302 g/mol. The lowest BCUT2D eigenvalue weighted by molar-refractivity contribution is 0.0104. The van der Waals surface area contributed by atoms with E-state index in [0.717, 1.165) is 30.8 Å². The van der Waals surface area contributed by atoms with Crippen molar-refractivity contribution >= 4 is 10.1 Å². The second-order valence-electron chi connectivity index (χ2n) is 6.22. The molecule has 0 aromatic heterocycles. The Balaban J connectivity index is 1.85. The smallest absolute Gasteiger partial charge is 0.269 e. The van der Waals surface area contributed by atoms with Gasteiger partial charge in [0.1, 0.15) is 11.5 Å². The van der Waals surface area contributed by atoms with Gasteiger partial charge in [0.05, 0.1) is 0 Å². The van der Waals surface area contributed by atoms with Crippen molar-refractivity contribution in [3.05, 3.63) is 29.3 Å². The van der Waals surface area contributed by atoms with Crippen molar-refractivity contribution in [3.63, 3.8) is 0 Å². The maximum absolute atomic E-state index is 11.1. The molecule has 2 atom stereocenters. The summed E-state index contributed by atoms with van der Waals surface area (Å²) in [5.41, 5.74) is 1.68. The van der Waals surface area contributed by atoms with E-state index in [-0.39, 0.29) is 17.9 Å². The first-order valence-corrected chi connectivity index (χ1v) is 9.57. The number of hydrogen-bond acceptors (Lipinski definition) is 4. The predicted molar refractivity (Wildman–Crippen MR) is 84.6 cm³/mol. The summed E-state index contributed by atoms with van der Waals surface area (Å²) in [5.74, 6) is 0.765. The third-order valence-electron chi connectivity index (χ3n) is 4.61. The molecule has 1 aromatic carbocycles. The number of piperidine rings is 1. The Morgan fingerprint density at radius 1 is 1.27 bits per heavy atom. The maximum Gasteiger partial charge on any atom is 0.269 e. The average Bonchev–Trinajstić information content (AvgIpc) is 2.84. The largest absolute Gasteiger partial charge is 0.474 e. The van der Waals surface area contributed by atoms with Crippen molar-refractivity contribution in [2.45, 2.75) is 50.5 Å². The van der Waals surface area contributed by atoms with E-state index in [1.165, 1.54) is 19.3 Å². The highest BCUT2D eigenvalue weighted by Crippen LogP contribution is 2.42. The van der Waals surface area contributed by atoms with Gasteiger partial charge >= 0.3 is 0 Å². The molecule has 6 heteroatoms. The number of hydrogen-bond donors (Lipinski definition) is 1. The molecule has 0 bridgehead atoms. The van der Waals surface area contributed by atoms with Gasteiger partial charge in [0.25, 0.3) is 10.1 Å². The number of fused-ring (bicyclic) bond motifs is 1. The topological polar surface area (TPSA) is 66.8 Å². The zero-order valence-electron chi connectivity index (χ0n) is 12.9. The van der Waals surface area contributed by atoms with Gasteiger partial charge in [-0.15, -0.1) is 0 Å². The summed E-state index contributed by atoms with van der Waals surface area (Å²) in [6.07, 6.45) is 4.71. The summed E-state index contributed by atoms with van der Waals surface area (Å²) in [6.45, 7) is 4.26. The van der Waals surface area contributed by atoms with Crippen LogP contribution < -0.4 is 4.74 Å². The van der Waals surface area contributed by atoms with Crippen LogP contribution in [0.2, 0.25) is 0 Å². The molecule has 0 aliphatic carbocycles. The fourth-order valence-electron chi connectivity index (χ4n) is 3.58. The van der Waals surface area contributed by atoms with Crippen LogP contribution >= 0.6 is 0 Å². The number of ether oxygens (including phenoxy) is 1. The summed E-state index contributed by atoms with van der Waals surface area (Å²) in [5, 5.41) is 0. The number of nitrogens with zero attached hydrogens (tertiary/aromatic N) is 1. The molecule has 2 unspecified atom stereocenters. The van der Waals surface area contributed by atoms with E-state index in [1.807, 2.05) is 12.1 Å². The highest BCUT2D eigenvalue weighted by molar-refractivity contribution is 7.85. The van der Waals surface area contributed by atoms with Gasteiger partial charge in [0.2, 0.25) is 0 Å². The normalized spacial score (nSPS) is 25.7. The van der Waals surface area contributed by atoms with Gasteiger partial charge in [-0.25, -0.2) is 0 Å². The van der Waals surface area contributed by atoms with Crippen LogP contribution in [0.25, 0.3) is 0 Å². The molecule has 0 saturated carbocycles. The zero-order valence-corrected chi connectivity index (χ0v) is 13.7. The van der Waals surface area contributed by atoms with E-state index >= 15 is 0 Å². The van der Waals surface area contributed by atoms with Crippen LogP contribution in [-0.4, -0.2) is 37.2 Å². The molecule has 1 N–H and O–H groups in total. The minimum absolute atomic E-state index is 0.0567. The van der Waals surface area contributed by atoms with Crippen LogP contribution in [0.1, 0.15) is 49.7 Å². The lowest BCUT2D eigenvalue weighted by Gasteiger charge is -2.34. The van der Waals surface area contributed by atoms with Crippen LogP contribution in [-0.2, 0) is 15.9 Å². The number of benzene rings is 1. The van der Waals surface area contributed by atoms with E-state index in [2.05, 4.69) is 11.8 Å². The van der Waals surface area contributed by atoms with Gasteiger partial charge in [-0.2, -0.15) is 8.42 Å². The third kappa shape index (κ3) is 3.29. The highest BCUT2D eigenvalue weighted by Gasteiger charge is 2.37. The minimum Gasteiger partial charge on any atom is -0.474 e. The molecule has 2 aliphatic heterocycles. The lowest BCUT2D eigenvalue weighted by atomic mass is 9.93. The maximum atomic E-state index is 11.1. The zero-order chi connectivity index (χ0) is 15.7. The first-order valence-electron chi connectivity index (χ1n) is 7.96. The van der Waals surface area contributed by atoms with Gasteiger partial charge in [-0.3, -0.25) is 9.45 Å². The van der Waals surface area contributed by atoms with E-state index in [1.54, 1.807) is 6.07 Å². The first-order chi connectivity index (χ1) is 10.5. The molecule has 122 valence electrons. The summed E-state index contributed by atoms with van der Waals surface area (Å²) in [6, 6.07) is 5.43. The molecule has 1 aromatic rings. The Kier molecular flexibility index (Phi) is 4.43. The molecular formula is C16H23NO4S. The second-order valence-corrected chi connectivity index (χ2v) is 7.67. The van der Waals surface area contributed by atoms with Gasteiger partial charge in [-0.05, 0) is 30.9 Å². The van der Waals surface area contributed by atoms with Crippen LogP contribution in [0.5, 0.6) is 5.75 Å². The Hall–Kier alpha value is -1.11. The second kappa shape index (κ2) is 6.18.